The summed E-state index contributed by atoms with van der Waals surface area (Å²) in [6.07, 6.45) is 15.0. The van der Waals surface area contributed by atoms with Crippen LogP contribution in [0, 0.1) is 5.41 Å². The van der Waals surface area contributed by atoms with Crippen LogP contribution in [0.4, 0.5) is 5.69 Å². The monoisotopic (exact) mass is 354 g/mol. The molecule has 0 fully saturated rings. The summed E-state index contributed by atoms with van der Waals surface area (Å²) in [4.78, 5) is 4.43. The minimum atomic E-state index is 0.0791. The van der Waals surface area contributed by atoms with Crippen LogP contribution in [0.25, 0.3) is 0 Å². The maximum atomic E-state index is 3.97. The largest absolute Gasteiger partial charge is 0.341 e. The molecule has 0 radical (unpaired) electrons. The lowest BCUT2D eigenvalue weighted by Crippen LogP contribution is -2.42. The molecule has 0 amide bonds. The minimum Gasteiger partial charge on any atom is -0.341 e. The topological polar surface area (TPSA) is 6.48 Å². The Morgan fingerprint density at radius 2 is 1.42 bits per heavy atom. The average molecular weight is 355 g/mol. The van der Waals surface area contributed by atoms with Gasteiger partial charge in [-0.1, -0.05) is 65.5 Å². The van der Waals surface area contributed by atoms with Crippen molar-refractivity contribution < 1.29 is 0 Å². The van der Waals surface area contributed by atoms with Crippen molar-refractivity contribution in [1.82, 2.24) is 4.90 Å². The molecule has 1 rings (SSSR count). The van der Waals surface area contributed by atoms with Crippen molar-refractivity contribution in [3.8, 4) is 0 Å². The van der Waals surface area contributed by atoms with Crippen molar-refractivity contribution >= 4 is 5.69 Å². The van der Waals surface area contributed by atoms with Gasteiger partial charge in [0, 0.05) is 36.0 Å². The number of para-hydroxylation sites is 1. The minimum absolute atomic E-state index is 0.0791. The zero-order valence-electron chi connectivity index (χ0n) is 17.7. The van der Waals surface area contributed by atoms with Gasteiger partial charge in [0.15, 0.2) is 0 Å². The van der Waals surface area contributed by atoms with Gasteiger partial charge >= 0.3 is 0 Å². The Labute approximate surface area is 161 Å². The first-order valence-corrected chi connectivity index (χ1v) is 10.00. The second kappa shape index (κ2) is 10.3. The second-order valence-corrected chi connectivity index (χ2v) is 7.51. The SMILES string of the molecule is C=CN(/C=C/N(c1ccccc1)C(C)(CC)CC)/C=C/C(C)(CC)CC. The van der Waals surface area contributed by atoms with E-state index in [9.17, 15) is 0 Å². The summed E-state index contributed by atoms with van der Waals surface area (Å²) in [6, 6.07) is 10.6. The van der Waals surface area contributed by atoms with Gasteiger partial charge < -0.3 is 9.80 Å². The molecule has 26 heavy (non-hydrogen) atoms. The molecule has 144 valence electrons. The Bertz CT molecular complexity index is 577. The highest BCUT2D eigenvalue weighted by molar-refractivity contribution is 5.51. The van der Waals surface area contributed by atoms with Crippen LogP contribution >= 0.6 is 0 Å². The van der Waals surface area contributed by atoms with Gasteiger partial charge in [-0.05, 0) is 50.2 Å². The summed E-state index contributed by atoms with van der Waals surface area (Å²) in [7, 11) is 0. The zero-order valence-corrected chi connectivity index (χ0v) is 17.7. The molecule has 0 unspecified atom stereocenters. The summed E-state index contributed by atoms with van der Waals surface area (Å²) >= 11 is 0. The van der Waals surface area contributed by atoms with E-state index in [-0.39, 0.29) is 11.0 Å². The van der Waals surface area contributed by atoms with Crippen LogP contribution in [0.15, 0.2) is 67.8 Å². The molecule has 0 N–H and O–H groups in total. The number of nitrogens with zero attached hydrogens (tertiary/aromatic N) is 2. The van der Waals surface area contributed by atoms with Gasteiger partial charge in [0.2, 0.25) is 0 Å². The standard InChI is InChI=1S/C24H38N2/c1-8-23(6,9-2)18-19-25(12-5)20-21-26(24(7,10-3)11-4)22-16-14-13-15-17-22/h12-21H,5,8-11H2,1-4,6-7H3/b19-18+,21-20+. The van der Waals surface area contributed by atoms with E-state index < -0.39 is 0 Å². The van der Waals surface area contributed by atoms with Gasteiger partial charge in [-0.15, -0.1) is 0 Å². The first-order valence-electron chi connectivity index (χ1n) is 10.00. The lowest BCUT2D eigenvalue weighted by Gasteiger charge is -2.40. The van der Waals surface area contributed by atoms with Gasteiger partial charge in [-0.2, -0.15) is 0 Å². The van der Waals surface area contributed by atoms with Gasteiger partial charge in [0.25, 0.3) is 0 Å². The summed E-state index contributed by atoms with van der Waals surface area (Å²) in [5.74, 6) is 0. The van der Waals surface area contributed by atoms with Crippen molar-refractivity contribution in [1.29, 1.82) is 0 Å². The average Bonchev–Trinajstić information content (AvgIpc) is 2.70. The molecule has 1 aromatic rings. The maximum absolute atomic E-state index is 3.97. The van der Waals surface area contributed by atoms with Crippen LogP contribution in [0.5, 0.6) is 0 Å². The van der Waals surface area contributed by atoms with Crippen LogP contribution in [0.2, 0.25) is 0 Å². The third-order valence-electron chi connectivity index (χ3n) is 6.00. The van der Waals surface area contributed by atoms with E-state index in [2.05, 4.69) is 108 Å². The molecule has 0 aliphatic rings. The molecule has 2 heteroatoms. The summed E-state index contributed by atoms with van der Waals surface area (Å²) < 4.78 is 0. The van der Waals surface area contributed by atoms with Gasteiger partial charge in [0.05, 0.1) is 0 Å². The maximum Gasteiger partial charge on any atom is 0.0413 e. The highest BCUT2D eigenvalue weighted by Crippen LogP contribution is 2.30. The smallest absolute Gasteiger partial charge is 0.0413 e. The molecule has 0 heterocycles. The molecule has 0 spiro atoms. The number of benzene rings is 1. The van der Waals surface area contributed by atoms with Crippen LogP contribution in [-0.4, -0.2) is 10.4 Å². The third-order valence-corrected chi connectivity index (χ3v) is 6.00. The van der Waals surface area contributed by atoms with Gasteiger partial charge in [-0.3, -0.25) is 0 Å². The molecular formula is C24H38N2. The van der Waals surface area contributed by atoms with Crippen LogP contribution in [0.1, 0.15) is 67.2 Å². The van der Waals surface area contributed by atoms with Crippen molar-refractivity contribution in [2.45, 2.75) is 72.8 Å². The lowest BCUT2D eigenvalue weighted by molar-refractivity contribution is 0.391. The molecule has 1 aromatic carbocycles. The zero-order chi connectivity index (χ0) is 19.6. The van der Waals surface area contributed by atoms with E-state index in [1.165, 1.54) is 5.69 Å². The van der Waals surface area contributed by atoms with Crippen molar-refractivity contribution in [2.24, 2.45) is 5.41 Å². The van der Waals surface area contributed by atoms with Crippen LogP contribution in [-0.2, 0) is 0 Å². The Kier molecular flexibility index (Phi) is 8.71. The molecular weight excluding hydrogens is 316 g/mol. The second-order valence-electron chi connectivity index (χ2n) is 7.51. The van der Waals surface area contributed by atoms with Crippen molar-refractivity contribution in [3.63, 3.8) is 0 Å². The molecule has 0 aromatic heterocycles. The highest BCUT2D eigenvalue weighted by Gasteiger charge is 2.27. The van der Waals surface area contributed by atoms with Crippen molar-refractivity contribution in [3.05, 3.63) is 67.8 Å². The predicted molar refractivity (Wildman–Crippen MR) is 117 cm³/mol. The van der Waals surface area contributed by atoms with Crippen LogP contribution < -0.4 is 4.90 Å². The molecule has 0 atom stereocenters. The first-order chi connectivity index (χ1) is 12.4. The molecule has 2 nitrogen and oxygen atoms in total. The Balaban J connectivity index is 3.12. The van der Waals surface area contributed by atoms with Gasteiger partial charge in [0.1, 0.15) is 0 Å². The third kappa shape index (κ3) is 5.79. The van der Waals surface area contributed by atoms with E-state index in [4.69, 9.17) is 0 Å². The van der Waals surface area contributed by atoms with E-state index in [1.54, 1.807) is 0 Å². The fourth-order valence-corrected chi connectivity index (χ4v) is 2.82. The van der Waals surface area contributed by atoms with Crippen molar-refractivity contribution in [2.75, 3.05) is 4.90 Å². The van der Waals surface area contributed by atoms with Crippen LogP contribution in [0.3, 0.4) is 0 Å². The fourth-order valence-electron chi connectivity index (χ4n) is 2.82. The Hall–Kier alpha value is -1.96. The summed E-state index contributed by atoms with van der Waals surface area (Å²) in [5, 5.41) is 0. The number of rotatable bonds is 11. The van der Waals surface area contributed by atoms with E-state index in [1.807, 2.05) is 11.1 Å². The lowest BCUT2D eigenvalue weighted by atomic mass is 9.85. The molecule has 0 aliphatic carbocycles. The van der Waals surface area contributed by atoms with Gasteiger partial charge in [-0.25, -0.2) is 0 Å². The Morgan fingerprint density at radius 1 is 0.846 bits per heavy atom. The number of hydrogen-bond acceptors (Lipinski definition) is 2. The molecule has 0 saturated heterocycles. The van der Waals surface area contributed by atoms with E-state index in [0.29, 0.717) is 0 Å². The number of hydrogen-bond donors (Lipinski definition) is 0. The molecule has 0 aliphatic heterocycles. The number of anilines is 1. The highest BCUT2D eigenvalue weighted by atomic mass is 15.2. The van der Waals surface area contributed by atoms with E-state index in [0.717, 1.165) is 25.7 Å². The fraction of sp³-hybridized carbons (Fsp3) is 0.500. The quantitative estimate of drug-likeness (QED) is 0.410. The summed E-state index contributed by atoms with van der Waals surface area (Å²) in [5.41, 5.74) is 1.53. The van der Waals surface area contributed by atoms with E-state index >= 15 is 0 Å². The normalized spacial score (nSPS) is 12.7. The first kappa shape index (κ1) is 22.1. The summed E-state index contributed by atoms with van der Waals surface area (Å²) in [6.45, 7) is 17.6. The Morgan fingerprint density at radius 3 is 1.88 bits per heavy atom. The predicted octanol–water partition coefficient (Wildman–Crippen LogP) is 7.33. The number of allylic oxidation sites excluding steroid dienone is 1. The molecule has 0 bridgehead atoms. The molecule has 0 saturated carbocycles.